The van der Waals surface area contributed by atoms with E-state index in [-0.39, 0.29) is 5.91 Å². The molecule has 0 radical (unpaired) electrons. The van der Waals surface area contributed by atoms with Crippen molar-refractivity contribution in [1.82, 2.24) is 19.2 Å². The lowest BCUT2D eigenvalue weighted by Gasteiger charge is -2.22. The van der Waals surface area contributed by atoms with Gasteiger partial charge in [-0.1, -0.05) is 0 Å². The molecule has 2 aromatic heterocycles. The van der Waals surface area contributed by atoms with E-state index < -0.39 is 0 Å². The number of hydrogen-bond acceptors (Lipinski definition) is 4. The third-order valence-electron chi connectivity index (χ3n) is 4.45. The third-order valence-corrected chi connectivity index (χ3v) is 4.45. The lowest BCUT2D eigenvalue weighted by molar-refractivity contribution is 0.0671. The Labute approximate surface area is 152 Å². The summed E-state index contributed by atoms with van der Waals surface area (Å²) in [6, 6.07) is 7.70. The molecule has 3 rings (SSSR count). The van der Waals surface area contributed by atoms with Gasteiger partial charge in [0.1, 0.15) is 11.4 Å². The second-order valence-corrected chi connectivity index (χ2v) is 6.26. The summed E-state index contributed by atoms with van der Waals surface area (Å²) in [4.78, 5) is 15.0. The highest BCUT2D eigenvalue weighted by Crippen LogP contribution is 2.24. The molecule has 1 amide bonds. The van der Waals surface area contributed by atoms with Crippen molar-refractivity contribution in [2.75, 3.05) is 27.4 Å². The summed E-state index contributed by atoms with van der Waals surface area (Å²) in [6.45, 7) is 1.47. The van der Waals surface area contributed by atoms with Crippen LogP contribution in [0.3, 0.4) is 0 Å². The number of benzene rings is 1. The number of fused-ring (bicyclic) bond motifs is 1. The number of carbonyl (C=O) groups excluding carboxylic acids is 1. The van der Waals surface area contributed by atoms with Crippen LogP contribution < -0.4 is 4.74 Å². The first-order valence-corrected chi connectivity index (χ1v) is 8.42. The minimum Gasteiger partial charge on any atom is -0.497 e. The van der Waals surface area contributed by atoms with Gasteiger partial charge in [0, 0.05) is 57.0 Å². The van der Waals surface area contributed by atoms with E-state index in [1.165, 1.54) is 0 Å². The molecule has 0 aliphatic rings. The van der Waals surface area contributed by atoms with Crippen LogP contribution in [-0.2, 0) is 25.4 Å². The lowest BCUT2D eigenvalue weighted by atomic mass is 10.2. The van der Waals surface area contributed by atoms with Crippen molar-refractivity contribution in [1.29, 1.82) is 0 Å². The molecule has 26 heavy (non-hydrogen) atoms. The maximum Gasteiger partial charge on any atom is 0.270 e. The first kappa shape index (κ1) is 18.0. The highest BCUT2D eigenvalue weighted by Gasteiger charge is 2.21. The van der Waals surface area contributed by atoms with E-state index in [2.05, 4.69) is 5.10 Å². The number of methoxy groups -OCH3 is 2. The number of amides is 1. The molecule has 0 saturated carbocycles. The standard InChI is InChI=1S/C19H24N4O3/c1-21-12-14(11-20-21)13-23(7-8-25-3)19(24)18-10-15-9-16(26-4)5-6-17(15)22(18)2/h5-6,9-12H,7-8,13H2,1-4H3. The quantitative estimate of drug-likeness (QED) is 0.651. The average molecular weight is 356 g/mol. The van der Waals surface area contributed by atoms with Gasteiger partial charge in [0.25, 0.3) is 5.91 Å². The molecule has 0 spiro atoms. The topological polar surface area (TPSA) is 61.5 Å². The summed E-state index contributed by atoms with van der Waals surface area (Å²) in [5, 5.41) is 5.16. The number of aryl methyl sites for hydroxylation is 2. The zero-order chi connectivity index (χ0) is 18.7. The van der Waals surface area contributed by atoms with E-state index in [1.807, 2.05) is 49.1 Å². The van der Waals surface area contributed by atoms with Crippen molar-refractivity contribution < 1.29 is 14.3 Å². The zero-order valence-corrected chi connectivity index (χ0v) is 15.6. The van der Waals surface area contributed by atoms with Crippen molar-refractivity contribution in [2.45, 2.75) is 6.54 Å². The van der Waals surface area contributed by atoms with Gasteiger partial charge in [-0.05, 0) is 24.3 Å². The van der Waals surface area contributed by atoms with E-state index >= 15 is 0 Å². The Morgan fingerprint density at radius 3 is 2.69 bits per heavy atom. The Morgan fingerprint density at radius 2 is 2.04 bits per heavy atom. The highest BCUT2D eigenvalue weighted by atomic mass is 16.5. The Kier molecular flexibility index (Phi) is 5.27. The van der Waals surface area contributed by atoms with Gasteiger partial charge in [-0.15, -0.1) is 0 Å². The van der Waals surface area contributed by atoms with Crippen LogP contribution in [-0.4, -0.2) is 52.5 Å². The Morgan fingerprint density at radius 1 is 1.23 bits per heavy atom. The average Bonchev–Trinajstić information content (AvgIpc) is 3.20. The molecule has 2 heterocycles. The molecule has 0 atom stereocenters. The fraction of sp³-hybridized carbons (Fsp3) is 0.368. The first-order chi connectivity index (χ1) is 12.5. The summed E-state index contributed by atoms with van der Waals surface area (Å²) in [5.41, 5.74) is 2.60. The second kappa shape index (κ2) is 7.61. The summed E-state index contributed by atoms with van der Waals surface area (Å²) >= 11 is 0. The molecule has 1 aromatic carbocycles. The number of ether oxygens (including phenoxy) is 2. The maximum absolute atomic E-state index is 13.2. The molecule has 0 N–H and O–H groups in total. The summed E-state index contributed by atoms with van der Waals surface area (Å²) < 4.78 is 14.1. The minimum atomic E-state index is -0.0384. The second-order valence-electron chi connectivity index (χ2n) is 6.26. The monoisotopic (exact) mass is 356 g/mol. The maximum atomic E-state index is 13.2. The lowest BCUT2D eigenvalue weighted by Crippen LogP contribution is -2.34. The fourth-order valence-corrected chi connectivity index (χ4v) is 3.05. The highest BCUT2D eigenvalue weighted by molar-refractivity contribution is 5.99. The Hall–Kier alpha value is -2.80. The molecule has 3 aromatic rings. The molecule has 7 heteroatoms. The first-order valence-electron chi connectivity index (χ1n) is 8.42. The van der Waals surface area contributed by atoms with Gasteiger partial charge in [-0.2, -0.15) is 5.10 Å². The predicted octanol–water partition coefficient (Wildman–Crippen LogP) is 2.21. The van der Waals surface area contributed by atoms with E-state index in [1.54, 1.807) is 30.0 Å². The van der Waals surface area contributed by atoms with Crippen LogP contribution in [0.15, 0.2) is 36.7 Å². The van der Waals surface area contributed by atoms with Gasteiger partial charge in [0.15, 0.2) is 0 Å². The summed E-state index contributed by atoms with van der Waals surface area (Å²) in [6.07, 6.45) is 3.69. The van der Waals surface area contributed by atoms with E-state index in [9.17, 15) is 4.79 Å². The molecule has 0 aliphatic carbocycles. The predicted molar refractivity (Wildman–Crippen MR) is 99.3 cm³/mol. The fourth-order valence-electron chi connectivity index (χ4n) is 3.05. The van der Waals surface area contributed by atoms with Gasteiger partial charge in [-0.3, -0.25) is 9.48 Å². The molecule has 0 unspecified atom stereocenters. The van der Waals surface area contributed by atoms with Crippen LogP contribution in [0.25, 0.3) is 10.9 Å². The van der Waals surface area contributed by atoms with Crippen LogP contribution in [0.2, 0.25) is 0 Å². The number of hydrogen-bond donors (Lipinski definition) is 0. The van der Waals surface area contributed by atoms with E-state index in [4.69, 9.17) is 9.47 Å². The number of carbonyl (C=O) groups is 1. The van der Waals surface area contributed by atoms with Crippen LogP contribution in [0, 0.1) is 0 Å². The number of rotatable bonds is 7. The molecule has 0 fully saturated rings. The third kappa shape index (κ3) is 3.57. The van der Waals surface area contributed by atoms with E-state index in [0.717, 1.165) is 22.2 Å². The van der Waals surface area contributed by atoms with Gasteiger partial charge >= 0.3 is 0 Å². The minimum absolute atomic E-state index is 0.0384. The van der Waals surface area contributed by atoms with Crippen molar-refractivity contribution in [3.05, 3.63) is 47.9 Å². The van der Waals surface area contributed by atoms with Gasteiger partial charge < -0.3 is 18.9 Å². The molecule has 0 aliphatic heterocycles. The summed E-state index contributed by atoms with van der Waals surface area (Å²) in [5.74, 6) is 0.734. The number of aromatic nitrogens is 3. The van der Waals surface area contributed by atoms with Gasteiger partial charge in [0.2, 0.25) is 0 Å². The molecule has 0 bridgehead atoms. The van der Waals surface area contributed by atoms with Crippen molar-refractivity contribution in [2.24, 2.45) is 14.1 Å². The molecule has 138 valence electrons. The Balaban J connectivity index is 1.92. The largest absolute Gasteiger partial charge is 0.497 e. The van der Waals surface area contributed by atoms with Crippen LogP contribution in [0.5, 0.6) is 5.75 Å². The number of nitrogens with zero attached hydrogens (tertiary/aromatic N) is 4. The summed E-state index contributed by atoms with van der Waals surface area (Å²) in [7, 11) is 7.04. The SMILES string of the molecule is COCCN(Cc1cnn(C)c1)C(=O)c1cc2cc(OC)ccc2n1C. The van der Waals surface area contributed by atoms with Crippen LogP contribution in [0.4, 0.5) is 0 Å². The van der Waals surface area contributed by atoms with E-state index in [0.29, 0.717) is 25.4 Å². The van der Waals surface area contributed by atoms with Gasteiger partial charge in [-0.25, -0.2) is 0 Å². The zero-order valence-electron chi connectivity index (χ0n) is 15.6. The molecule has 7 nitrogen and oxygen atoms in total. The Bertz CT molecular complexity index is 913. The molecule has 0 saturated heterocycles. The normalized spacial score (nSPS) is 11.1. The van der Waals surface area contributed by atoms with Crippen LogP contribution in [0.1, 0.15) is 16.1 Å². The smallest absolute Gasteiger partial charge is 0.270 e. The molecular weight excluding hydrogens is 332 g/mol. The van der Waals surface area contributed by atoms with Gasteiger partial charge in [0.05, 0.1) is 19.9 Å². The van der Waals surface area contributed by atoms with Crippen molar-refractivity contribution in [3.8, 4) is 5.75 Å². The van der Waals surface area contributed by atoms with Crippen molar-refractivity contribution in [3.63, 3.8) is 0 Å². The van der Waals surface area contributed by atoms with Crippen molar-refractivity contribution >= 4 is 16.8 Å². The molecular formula is C19H24N4O3. The van der Waals surface area contributed by atoms with Crippen LogP contribution >= 0.6 is 0 Å².